The van der Waals surface area contributed by atoms with Crippen LogP contribution in [0.1, 0.15) is 10.4 Å². The number of pyridine rings is 1. The topological polar surface area (TPSA) is 71.5 Å². The zero-order valence-electron chi connectivity index (χ0n) is 8.65. The molecule has 0 aliphatic carbocycles. The van der Waals surface area contributed by atoms with Crippen LogP contribution in [0.5, 0.6) is 5.75 Å². The van der Waals surface area contributed by atoms with Gasteiger partial charge < -0.3 is 15.2 Å². The van der Waals surface area contributed by atoms with Gasteiger partial charge in [0.1, 0.15) is 5.75 Å². The summed E-state index contributed by atoms with van der Waals surface area (Å²) in [6.45, 7) is 1.22. The monoisotopic (exact) mass is 244 g/mol. The van der Waals surface area contributed by atoms with E-state index in [1.54, 1.807) is 0 Å². The predicted octanol–water partition coefficient (Wildman–Crippen LogP) is 0.772. The summed E-state index contributed by atoms with van der Waals surface area (Å²) in [6, 6.07) is 1.45. The molecule has 16 heavy (non-hydrogen) atoms. The molecule has 0 unspecified atom stereocenters. The van der Waals surface area contributed by atoms with Crippen molar-refractivity contribution in [3.63, 3.8) is 0 Å². The molecular weight excluding hydrogens is 232 g/mol. The van der Waals surface area contributed by atoms with Gasteiger partial charge in [0.25, 0.3) is 5.91 Å². The molecule has 1 heterocycles. The smallest absolute Gasteiger partial charge is 0.255 e. The van der Waals surface area contributed by atoms with E-state index in [0.29, 0.717) is 25.6 Å². The highest BCUT2D eigenvalue weighted by Crippen LogP contribution is 2.12. The van der Waals surface area contributed by atoms with Crippen LogP contribution in [0.25, 0.3) is 0 Å². The van der Waals surface area contributed by atoms with Crippen LogP contribution in [-0.2, 0) is 4.74 Å². The zero-order chi connectivity index (χ0) is 11.8. The van der Waals surface area contributed by atoms with E-state index in [4.69, 9.17) is 16.3 Å². The number of halogens is 1. The molecule has 1 aromatic heterocycles. The maximum absolute atomic E-state index is 11.5. The largest absolute Gasteiger partial charge is 0.505 e. The average molecular weight is 245 g/mol. The number of carbonyl (C=O) groups excluding carboxylic acids is 1. The van der Waals surface area contributed by atoms with E-state index in [9.17, 15) is 9.90 Å². The normalized spacial score (nSPS) is 10.1. The molecule has 1 amide bonds. The first-order valence-electron chi connectivity index (χ1n) is 4.80. The Bertz CT molecular complexity index is 347. The van der Waals surface area contributed by atoms with Gasteiger partial charge in [-0.1, -0.05) is 0 Å². The molecule has 0 aliphatic heterocycles. The van der Waals surface area contributed by atoms with Gasteiger partial charge in [0.15, 0.2) is 0 Å². The minimum Gasteiger partial charge on any atom is -0.505 e. The number of hydrogen-bond acceptors (Lipinski definition) is 4. The number of aromatic hydroxyl groups is 1. The maximum atomic E-state index is 11.5. The highest BCUT2D eigenvalue weighted by atomic mass is 35.5. The van der Waals surface area contributed by atoms with E-state index in [1.165, 1.54) is 18.5 Å². The molecule has 0 saturated heterocycles. The Morgan fingerprint density at radius 2 is 2.38 bits per heavy atom. The Kier molecular flexibility index (Phi) is 5.60. The summed E-state index contributed by atoms with van der Waals surface area (Å²) < 4.78 is 5.08. The van der Waals surface area contributed by atoms with Crippen LogP contribution in [0, 0.1) is 0 Å². The van der Waals surface area contributed by atoms with Gasteiger partial charge in [-0.05, 0) is 6.07 Å². The zero-order valence-corrected chi connectivity index (χ0v) is 9.41. The van der Waals surface area contributed by atoms with Crippen LogP contribution >= 0.6 is 11.6 Å². The Labute approximate surface area is 98.4 Å². The molecule has 0 radical (unpaired) electrons. The summed E-state index contributed by atoms with van der Waals surface area (Å²) in [5, 5.41) is 12.0. The molecule has 0 spiro atoms. The Morgan fingerprint density at radius 1 is 1.56 bits per heavy atom. The molecule has 0 aliphatic rings. The molecule has 0 atom stereocenters. The lowest BCUT2D eigenvalue weighted by molar-refractivity contribution is 0.0921. The molecule has 88 valence electrons. The molecule has 0 bridgehead atoms. The van der Waals surface area contributed by atoms with Gasteiger partial charge in [-0.3, -0.25) is 9.78 Å². The fourth-order valence-corrected chi connectivity index (χ4v) is 1.18. The highest BCUT2D eigenvalue weighted by Gasteiger charge is 2.09. The number of aromatic nitrogens is 1. The second-order valence-electron chi connectivity index (χ2n) is 2.95. The van der Waals surface area contributed by atoms with Crippen molar-refractivity contribution in [3.05, 3.63) is 24.0 Å². The number of amides is 1. The number of carbonyl (C=O) groups is 1. The SMILES string of the molecule is O=C(NCCOCCCl)c1ccncc1O. The third-order valence-electron chi connectivity index (χ3n) is 1.80. The standard InChI is InChI=1S/C10H13ClN2O3/c11-2-5-16-6-4-13-10(15)8-1-3-12-7-9(8)14/h1,3,7,14H,2,4-6H2,(H,13,15). The molecule has 0 fully saturated rings. The van der Waals surface area contributed by atoms with Crippen molar-refractivity contribution >= 4 is 17.5 Å². The van der Waals surface area contributed by atoms with Crippen molar-refractivity contribution in [1.82, 2.24) is 10.3 Å². The first kappa shape index (κ1) is 12.7. The second kappa shape index (κ2) is 7.03. The van der Waals surface area contributed by atoms with Crippen LogP contribution in [0.3, 0.4) is 0 Å². The third-order valence-corrected chi connectivity index (χ3v) is 1.95. The number of nitrogens with zero attached hydrogens (tertiary/aromatic N) is 1. The average Bonchev–Trinajstić information content (AvgIpc) is 2.29. The number of alkyl halides is 1. The number of hydrogen-bond donors (Lipinski definition) is 2. The number of nitrogens with one attached hydrogen (secondary N) is 1. The molecule has 1 rings (SSSR count). The first-order valence-corrected chi connectivity index (χ1v) is 5.34. The number of ether oxygens (including phenoxy) is 1. The van der Waals surface area contributed by atoms with E-state index in [-0.39, 0.29) is 17.2 Å². The molecule has 1 aromatic rings. The minimum atomic E-state index is -0.352. The number of rotatable bonds is 6. The lowest BCUT2D eigenvalue weighted by Crippen LogP contribution is -2.27. The van der Waals surface area contributed by atoms with Gasteiger partial charge in [0.2, 0.25) is 0 Å². The summed E-state index contributed by atoms with van der Waals surface area (Å²) in [5.74, 6) is -0.0601. The van der Waals surface area contributed by atoms with Crippen LogP contribution in [-0.4, -0.2) is 41.6 Å². The van der Waals surface area contributed by atoms with E-state index in [0.717, 1.165) is 0 Å². The molecule has 6 heteroatoms. The van der Waals surface area contributed by atoms with Crippen LogP contribution in [0.4, 0.5) is 0 Å². The van der Waals surface area contributed by atoms with Gasteiger partial charge >= 0.3 is 0 Å². The van der Waals surface area contributed by atoms with E-state index in [1.807, 2.05) is 0 Å². The van der Waals surface area contributed by atoms with Gasteiger partial charge in [-0.2, -0.15) is 0 Å². The fraction of sp³-hybridized carbons (Fsp3) is 0.400. The predicted molar refractivity (Wildman–Crippen MR) is 59.8 cm³/mol. The lowest BCUT2D eigenvalue weighted by Gasteiger charge is -2.06. The molecule has 2 N–H and O–H groups in total. The van der Waals surface area contributed by atoms with Gasteiger partial charge in [-0.25, -0.2) is 0 Å². The molecule has 0 saturated carbocycles. The lowest BCUT2D eigenvalue weighted by atomic mass is 10.2. The van der Waals surface area contributed by atoms with E-state index >= 15 is 0 Å². The molecule has 0 aromatic carbocycles. The fourth-order valence-electron chi connectivity index (χ4n) is 1.07. The van der Waals surface area contributed by atoms with E-state index < -0.39 is 0 Å². The highest BCUT2D eigenvalue weighted by molar-refractivity contribution is 6.17. The van der Waals surface area contributed by atoms with Gasteiger partial charge in [0, 0.05) is 18.6 Å². The van der Waals surface area contributed by atoms with Crippen LogP contribution < -0.4 is 5.32 Å². The summed E-state index contributed by atoms with van der Waals surface area (Å²) in [5.41, 5.74) is 0.201. The van der Waals surface area contributed by atoms with E-state index in [2.05, 4.69) is 10.3 Å². The summed E-state index contributed by atoms with van der Waals surface area (Å²) in [6.07, 6.45) is 2.66. The Balaban J connectivity index is 2.33. The van der Waals surface area contributed by atoms with Crippen molar-refractivity contribution in [3.8, 4) is 5.75 Å². The quantitative estimate of drug-likeness (QED) is 0.573. The van der Waals surface area contributed by atoms with Crippen LogP contribution in [0.15, 0.2) is 18.5 Å². The van der Waals surface area contributed by atoms with Gasteiger partial charge in [-0.15, -0.1) is 11.6 Å². The molecular formula is C10H13ClN2O3. The molecule has 5 nitrogen and oxygen atoms in total. The van der Waals surface area contributed by atoms with Crippen molar-refractivity contribution in [2.45, 2.75) is 0 Å². The Morgan fingerprint density at radius 3 is 3.06 bits per heavy atom. The van der Waals surface area contributed by atoms with Crippen molar-refractivity contribution < 1.29 is 14.6 Å². The minimum absolute atomic E-state index is 0.137. The van der Waals surface area contributed by atoms with Crippen molar-refractivity contribution in [2.75, 3.05) is 25.6 Å². The summed E-state index contributed by atoms with van der Waals surface area (Å²) in [4.78, 5) is 15.2. The second-order valence-corrected chi connectivity index (χ2v) is 3.33. The Hall–Kier alpha value is -1.33. The summed E-state index contributed by atoms with van der Waals surface area (Å²) in [7, 11) is 0. The van der Waals surface area contributed by atoms with Crippen molar-refractivity contribution in [2.24, 2.45) is 0 Å². The first-order chi connectivity index (χ1) is 7.75. The third kappa shape index (κ3) is 4.04. The van der Waals surface area contributed by atoms with Crippen molar-refractivity contribution in [1.29, 1.82) is 0 Å². The summed E-state index contributed by atoms with van der Waals surface area (Å²) >= 11 is 5.41. The van der Waals surface area contributed by atoms with Gasteiger partial charge in [0.05, 0.1) is 25.0 Å². The maximum Gasteiger partial charge on any atom is 0.255 e. The van der Waals surface area contributed by atoms with Crippen LogP contribution in [0.2, 0.25) is 0 Å².